The van der Waals surface area contributed by atoms with Gasteiger partial charge in [0.05, 0.1) is 49.5 Å². The van der Waals surface area contributed by atoms with Gasteiger partial charge in [-0.25, -0.2) is 13.2 Å². The second-order valence-corrected chi connectivity index (χ2v) is 12.1. The number of aryl methyl sites for hydroxylation is 1. The summed E-state index contributed by atoms with van der Waals surface area (Å²) in [5.74, 6) is -0.0557. The number of anilines is 2. The molecule has 12 heteroatoms. The number of carbonyl (C=O) groups excluding carboxylic acids is 1. The molecular formula is C30H31N5O5S2. The smallest absolute Gasteiger partial charge is 0.337 e. The van der Waals surface area contributed by atoms with Crippen molar-refractivity contribution in [1.29, 1.82) is 0 Å². The molecular weight excluding hydrogens is 574 g/mol. The molecule has 2 atom stereocenters. The van der Waals surface area contributed by atoms with E-state index in [1.54, 1.807) is 36.5 Å². The lowest BCUT2D eigenvalue weighted by Crippen LogP contribution is -2.29. The fourth-order valence-corrected chi connectivity index (χ4v) is 6.35. The van der Waals surface area contributed by atoms with Gasteiger partial charge >= 0.3 is 5.97 Å². The van der Waals surface area contributed by atoms with Gasteiger partial charge in [0.1, 0.15) is 5.75 Å². The topological polar surface area (TPSA) is 115 Å². The Bertz CT molecular complexity index is 1770. The number of thiocarbonyl (C=S) groups is 1. The van der Waals surface area contributed by atoms with E-state index < -0.39 is 16.0 Å². The third-order valence-corrected chi connectivity index (χ3v) is 8.08. The van der Waals surface area contributed by atoms with Crippen LogP contribution < -0.4 is 19.7 Å². The Morgan fingerprint density at radius 2 is 1.81 bits per heavy atom. The van der Waals surface area contributed by atoms with Crippen LogP contribution in [0, 0.1) is 13.8 Å². The van der Waals surface area contributed by atoms with Crippen LogP contribution >= 0.6 is 12.2 Å². The first-order valence-electron chi connectivity index (χ1n) is 13.1. The lowest BCUT2D eigenvalue weighted by molar-refractivity contribution is 0.0600. The molecule has 42 heavy (non-hydrogen) atoms. The van der Waals surface area contributed by atoms with E-state index in [-0.39, 0.29) is 12.1 Å². The SMILES string of the molecule is COC(=O)c1cccc(-n2c(C)cc([C@H]3[C@H](c4ccccn4)NC(=S)N3c3ccc(NS(C)(=O)=O)c(OC)c3)c2C)c1. The number of esters is 1. The second-order valence-electron chi connectivity index (χ2n) is 9.96. The van der Waals surface area contributed by atoms with Crippen LogP contribution in [-0.2, 0) is 14.8 Å². The molecule has 5 rings (SSSR count). The summed E-state index contributed by atoms with van der Waals surface area (Å²) in [4.78, 5) is 18.9. The fraction of sp³-hybridized carbons (Fsp3) is 0.233. The number of aromatic nitrogens is 2. The summed E-state index contributed by atoms with van der Waals surface area (Å²) in [6, 6.07) is 19.8. The summed E-state index contributed by atoms with van der Waals surface area (Å²) >= 11 is 5.89. The van der Waals surface area contributed by atoms with E-state index in [9.17, 15) is 13.2 Å². The van der Waals surface area contributed by atoms with Crippen molar-refractivity contribution in [1.82, 2.24) is 14.9 Å². The van der Waals surface area contributed by atoms with E-state index in [4.69, 9.17) is 21.7 Å². The molecule has 2 N–H and O–H groups in total. The van der Waals surface area contributed by atoms with Crippen LogP contribution in [0.5, 0.6) is 5.75 Å². The molecule has 1 saturated heterocycles. The Kier molecular flexibility index (Phi) is 7.93. The quantitative estimate of drug-likeness (QED) is 0.215. The Hall–Kier alpha value is -4.42. The first-order valence-corrected chi connectivity index (χ1v) is 15.4. The average molecular weight is 606 g/mol. The van der Waals surface area contributed by atoms with Gasteiger partial charge in [-0.3, -0.25) is 9.71 Å². The van der Waals surface area contributed by atoms with Crippen LogP contribution in [0.25, 0.3) is 5.69 Å². The van der Waals surface area contributed by atoms with E-state index in [0.29, 0.717) is 27.8 Å². The molecule has 0 spiro atoms. The average Bonchev–Trinajstić information content (AvgIpc) is 3.47. The number of ether oxygens (including phenoxy) is 2. The van der Waals surface area contributed by atoms with Crippen molar-refractivity contribution >= 4 is 44.7 Å². The zero-order valence-corrected chi connectivity index (χ0v) is 25.4. The molecule has 1 aliphatic heterocycles. The molecule has 2 aromatic heterocycles. The largest absolute Gasteiger partial charge is 0.494 e. The maximum absolute atomic E-state index is 12.3. The van der Waals surface area contributed by atoms with Crippen molar-refractivity contribution in [3.05, 3.63) is 101 Å². The molecule has 4 aromatic rings. The summed E-state index contributed by atoms with van der Waals surface area (Å²) in [6.45, 7) is 4.04. The number of hydrogen-bond acceptors (Lipinski definition) is 7. The van der Waals surface area contributed by atoms with Crippen LogP contribution in [-0.4, -0.2) is 49.5 Å². The minimum absolute atomic E-state index is 0.297. The normalized spacial score (nSPS) is 16.7. The molecule has 1 aliphatic rings. The van der Waals surface area contributed by atoms with E-state index in [1.807, 2.05) is 49.1 Å². The van der Waals surface area contributed by atoms with E-state index >= 15 is 0 Å². The van der Waals surface area contributed by atoms with Crippen molar-refractivity contribution in [2.75, 3.05) is 30.1 Å². The molecule has 0 radical (unpaired) electrons. The Balaban J connectivity index is 1.66. The molecule has 0 amide bonds. The predicted octanol–water partition coefficient (Wildman–Crippen LogP) is 4.83. The highest BCUT2D eigenvalue weighted by atomic mass is 32.2. The zero-order chi connectivity index (χ0) is 30.2. The number of nitrogens with one attached hydrogen (secondary N) is 2. The molecule has 3 heterocycles. The van der Waals surface area contributed by atoms with Gasteiger partial charge in [0.15, 0.2) is 5.11 Å². The second kappa shape index (κ2) is 11.5. The van der Waals surface area contributed by atoms with Gasteiger partial charge in [0.2, 0.25) is 10.0 Å². The van der Waals surface area contributed by atoms with Gasteiger partial charge in [0, 0.05) is 35.0 Å². The Morgan fingerprint density at radius 3 is 2.48 bits per heavy atom. The summed E-state index contributed by atoms with van der Waals surface area (Å²) in [7, 11) is -0.672. The summed E-state index contributed by atoms with van der Waals surface area (Å²) < 4.78 is 38.9. The first kappa shape index (κ1) is 29.1. The predicted molar refractivity (Wildman–Crippen MR) is 166 cm³/mol. The lowest BCUT2D eigenvalue weighted by Gasteiger charge is -2.29. The third kappa shape index (κ3) is 5.55. The number of benzene rings is 2. The lowest BCUT2D eigenvalue weighted by atomic mass is 9.96. The number of nitrogens with zero attached hydrogens (tertiary/aromatic N) is 3. The molecule has 0 aliphatic carbocycles. The number of pyridine rings is 1. The van der Waals surface area contributed by atoms with Crippen molar-refractivity contribution in [3.8, 4) is 11.4 Å². The van der Waals surface area contributed by atoms with Gasteiger partial charge in [-0.05, 0) is 80.2 Å². The van der Waals surface area contributed by atoms with Gasteiger partial charge in [-0.1, -0.05) is 12.1 Å². The van der Waals surface area contributed by atoms with Crippen LogP contribution in [0.15, 0.2) is 72.9 Å². The molecule has 218 valence electrons. The molecule has 0 unspecified atom stereocenters. The maximum Gasteiger partial charge on any atom is 0.337 e. The number of sulfonamides is 1. The molecule has 0 saturated carbocycles. The zero-order valence-electron chi connectivity index (χ0n) is 23.8. The fourth-order valence-electron chi connectivity index (χ4n) is 5.44. The van der Waals surface area contributed by atoms with E-state index in [2.05, 4.69) is 25.7 Å². The third-order valence-electron chi connectivity index (χ3n) is 7.17. The monoisotopic (exact) mass is 605 g/mol. The molecule has 10 nitrogen and oxygen atoms in total. The van der Waals surface area contributed by atoms with Gasteiger partial charge in [0.25, 0.3) is 0 Å². The van der Waals surface area contributed by atoms with Crippen molar-refractivity contribution in [3.63, 3.8) is 0 Å². The van der Waals surface area contributed by atoms with Crippen LogP contribution in [0.4, 0.5) is 11.4 Å². The minimum Gasteiger partial charge on any atom is -0.494 e. The summed E-state index contributed by atoms with van der Waals surface area (Å²) in [5.41, 5.74) is 6.05. The van der Waals surface area contributed by atoms with Gasteiger partial charge in [-0.2, -0.15) is 0 Å². The highest BCUT2D eigenvalue weighted by Gasteiger charge is 2.42. The van der Waals surface area contributed by atoms with Crippen molar-refractivity contribution in [2.24, 2.45) is 0 Å². The number of carbonyl (C=O) groups is 1. The minimum atomic E-state index is -3.52. The number of hydrogen-bond donors (Lipinski definition) is 2. The standard InChI is InChI=1S/C30H31N5O5S2/c1-18-15-23(19(2)34(18)21-10-8-9-20(16-21)29(36)40-4)28-27(25-11-6-7-14-31-25)32-30(41)35(28)22-12-13-24(26(17-22)39-3)33-42(5,37)38/h6-17,27-28,33H,1-5H3,(H,32,41)/t27-,28-/m0/s1. The van der Waals surface area contributed by atoms with Crippen LogP contribution in [0.3, 0.4) is 0 Å². The number of rotatable bonds is 8. The first-order chi connectivity index (χ1) is 20.0. The van der Waals surface area contributed by atoms with Crippen LogP contribution in [0.2, 0.25) is 0 Å². The van der Waals surface area contributed by atoms with Gasteiger partial charge in [-0.15, -0.1) is 0 Å². The molecule has 0 bridgehead atoms. The van der Waals surface area contributed by atoms with Crippen LogP contribution in [0.1, 0.15) is 45.1 Å². The Morgan fingerprint density at radius 1 is 1.02 bits per heavy atom. The Labute approximate surface area is 250 Å². The summed E-state index contributed by atoms with van der Waals surface area (Å²) in [6.07, 6.45) is 2.83. The van der Waals surface area contributed by atoms with Crippen molar-refractivity contribution in [2.45, 2.75) is 25.9 Å². The van der Waals surface area contributed by atoms with E-state index in [0.717, 1.165) is 34.6 Å². The summed E-state index contributed by atoms with van der Waals surface area (Å²) in [5, 5.41) is 3.94. The van der Waals surface area contributed by atoms with E-state index in [1.165, 1.54) is 14.2 Å². The highest BCUT2D eigenvalue weighted by molar-refractivity contribution is 7.92. The number of methoxy groups -OCH3 is 2. The van der Waals surface area contributed by atoms with Crippen molar-refractivity contribution < 1.29 is 22.7 Å². The molecule has 2 aromatic carbocycles. The highest BCUT2D eigenvalue weighted by Crippen LogP contribution is 2.45. The van der Waals surface area contributed by atoms with Gasteiger partial charge < -0.3 is 24.3 Å². The molecule has 1 fully saturated rings. The maximum atomic E-state index is 12.3.